The van der Waals surface area contributed by atoms with Crippen LogP contribution in [-0.4, -0.2) is 24.6 Å². The fraction of sp³-hybridized carbons (Fsp3) is 0.111. The molecule has 74 valence electrons. The molecule has 0 aliphatic carbocycles. The van der Waals surface area contributed by atoms with Crippen molar-refractivity contribution in [2.24, 2.45) is 0 Å². The van der Waals surface area contributed by atoms with Gasteiger partial charge in [0, 0.05) is 11.6 Å². The lowest BCUT2D eigenvalue weighted by atomic mass is 10.3. The first-order valence-corrected chi connectivity index (χ1v) is 4.48. The van der Waals surface area contributed by atoms with E-state index in [1.807, 2.05) is 17.4 Å². The predicted molar refractivity (Wildman–Crippen MR) is 55.2 cm³/mol. The summed E-state index contributed by atoms with van der Waals surface area (Å²) in [6.07, 6.45) is 3.42. The second-order valence-corrected chi connectivity index (χ2v) is 3.27. The standard InChI is InChI=1S/C9H8N6/c1-5-13-14-9-12-8(10)6-2-3-11-4-7(6)15(5)9/h2-4H,1H3,(H2,10,12,14). The summed E-state index contributed by atoms with van der Waals surface area (Å²) >= 11 is 0. The first-order valence-electron chi connectivity index (χ1n) is 4.48. The molecule has 0 aliphatic rings. The summed E-state index contributed by atoms with van der Waals surface area (Å²) in [5.41, 5.74) is 6.69. The second-order valence-electron chi connectivity index (χ2n) is 3.27. The highest BCUT2D eigenvalue weighted by molar-refractivity contribution is 5.89. The lowest BCUT2D eigenvalue weighted by Crippen LogP contribution is -1.99. The summed E-state index contributed by atoms with van der Waals surface area (Å²) in [7, 11) is 0. The Bertz CT molecular complexity index is 656. The number of anilines is 1. The molecule has 0 radical (unpaired) electrons. The van der Waals surface area contributed by atoms with E-state index >= 15 is 0 Å². The van der Waals surface area contributed by atoms with Crippen molar-refractivity contribution in [3.63, 3.8) is 0 Å². The van der Waals surface area contributed by atoms with Gasteiger partial charge in [-0.05, 0) is 13.0 Å². The van der Waals surface area contributed by atoms with Crippen LogP contribution in [0.5, 0.6) is 0 Å². The van der Waals surface area contributed by atoms with Crippen molar-refractivity contribution in [3.8, 4) is 0 Å². The third-order valence-electron chi connectivity index (χ3n) is 2.35. The quantitative estimate of drug-likeness (QED) is 0.573. The molecule has 0 spiro atoms. The largest absolute Gasteiger partial charge is 0.383 e. The van der Waals surface area contributed by atoms with Crippen LogP contribution in [0.4, 0.5) is 5.82 Å². The SMILES string of the molecule is Cc1nnc2nc(N)c3ccncc3n12. The lowest BCUT2D eigenvalue weighted by molar-refractivity contribution is 1.02. The number of pyridine rings is 1. The van der Waals surface area contributed by atoms with Gasteiger partial charge in [0.15, 0.2) is 0 Å². The first-order chi connectivity index (χ1) is 7.27. The molecule has 15 heavy (non-hydrogen) atoms. The molecule has 3 aromatic heterocycles. The van der Waals surface area contributed by atoms with Crippen LogP contribution in [-0.2, 0) is 0 Å². The van der Waals surface area contributed by atoms with Crippen LogP contribution in [0.1, 0.15) is 5.82 Å². The third-order valence-corrected chi connectivity index (χ3v) is 2.35. The van der Waals surface area contributed by atoms with E-state index in [-0.39, 0.29) is 0 Å². The predicted octanol–water partition coefficient (Wildman–Crippen LogP) is 0.563. The van der Waals surface area contributed by atoms with E-state index < -0.39 is 0 Å². The Hall–Kier alpha value is -2.24. The average molecular weight is 200 g/mol. The summed E-state index contributed by atoms with van der Waals surface area (Å²) in [5.74, 6) is 1.73. The zero-order valence-corrected chi connectivity index (χ0v) is 8.05. The minimum absolute atomic E-state index is 0.451. The van der Waals surface area contributed by atoms with Crippen molar-refractivity contribution in [2.75, 3.05) is 5.73 Å². The van der Waals surface area contributed by atoms with Crippen LogP contribution >= 0.6 is 0 Å². The molecular weight excluding hydrogens is 192 g/mol. The fourth-order valence-corrected chi connectivity index (χ4v) is 1.65. The van der Waals surface area contributed by atoms with Gasteiger partial charge in [0.25, 0.3) is 5.78 Å². The minimum atomic E-state index is 0.451. The van der Waals surface area contributed by atoms with Crippen LogP contribution in [0.15, 0.2) is 18.5 Å². The van der Waals surface area contributed by atoms with Crippen molar-refractivity contribution in [1.82, 2.24) is 24.6 Å². The number of nitrogens with zero attached hydrogens (tertiary/aromatic N) is 5. The molecule has 0 saturated carbocycles. The molecule has 0 aromatic carbocycles. The summed E-state index contributed by atoms with van der Waals surface area (Å²) < 4.78 is 1.83. The van der Waals surface area contributed by atoms with Crippen molar-refractivity contribution in [3.05, 3.63) is 24.3 Å². The number of fused-ring (bicyclic) bond motifs is 3. The monoisotopic (exact) mass is 200 g/mol. The second kappa shape index (κ2) is 2.63. The van der Waals surface area contributed by atoms with Gasteiger partial charge in [-0.2, -0.15) is 4.98 Å². The summed E-state index contributed by atoms with van der Waals surface area (Å²) in [4.78, 5) is 8.23. The molecule has 6 heteroatoms. The molecule has 0 bridgehead atoms. The lowest BCUT2D eigenvalue weighted by Gasteiger charge is -2.03. The Morgan fingerprint density at radius 3 is 3.07 bits per heavy atom. The molecule has 0 atom stereocenters. The zero-order valence-electron chi connectivity index (χ0n) is 8.05. The molecule has 0 aliphatic heterocycles. The van der Waals surface area contributed by atoms with Crippen LogP contribution in [0.3, 0.4) is 0 Å². The number of nitrogens with two attached hydrogens (primary N) is 1. The highest BCUT2D eigenvalue weighted by atomic mass is 15.3. The molecule has 3 heterocycles. The van der Waals surface area contributed by atoms with E-state index in [0.717, 1.165) is 16.7 Å². The van der Waals surface area contributed by atoms with Gasteiger partial charge in [-0.15, -0.1) is 10.2 Å². The van der Waals surface area contributed by atoms with Crippen LogP contribution in [0.25, 0.3) is 16.7 Å². The van der Waals surface area contributed by atoms with E-state index in [4.69, 9.17) is 5.73 Å². The zero-order chi connectivity index (χ0) is 10.4. The molecule has 2 N–H and O–H groups in total. The number of hydrogen-bond donors (Lipinski definition) is 1. The van der Waals surface area contributed by atoms with Gasteiger partial charge in [0.05, 0.1) is 11.7 Å². The molecule has 3 rings (SSSR count). The molecular formula is C9H8N6. The normalized spacial score (nSPS) is 11.3. The van der Waals surface area contributed by atoms with E-state index in [1.54, 1.807) is 12.4 Å². The van der Waals surface area contributed by atoms with Gasteiger partial charge in [-0.3, -0.25) is 9.38 Å². The van der Waals surface area contributed by atoms with E-state index in [1.165, 1.54) is 0 Å². The van der Waals surface area contributed by atoms with Gasteiger partial charge >= 0.3 is 0 Å². The van der Waals surface area contributed by atoms with Crippen molar-refractivity contribution in [1.29, 1.82) is 0 Å². The summed E-state index contributed by atoms with van der Waals surface area (Å²) in [5, 5.41) is 8.74. The number of nitrogen functional groups attached to an aromatic ring is 1. The smallest absolute Gasteiger partial charge is 0.257 e. The Labute approximate surface area is 84.8 Å². The maximum atomic E-state index is 5.81. The van der Waals surface area contributed by atoms with E-state index in [2.05, 4.69) is 20.2 Å². The fourth-order valence-electron chi connectivity index (χ4n) is 1.65. The highest BCUT2D eigenvalue weighted by Crippen LogP contribution is 2.19. The molecule has 0 amide bonds. The first kappa shape index (κ1) is 8.10. The summed E-state index contributed by atoms with van der Waals surface area (Å²) in [6.45, 7) is 1.87. The topological polar surface area (TPSA) is 82.0 Å². The molecule has 0 fully saturated rings. The third kappa shape index (κ3) is 0.983. The van der Waals surface area contributed by atoms with Gasteiger partial charge < -0.3 is 5.73 Å². The highest BCUT2D eigenvalue weighted by Gasteiger charge is 2.09. The molecule has 3 aromatic rings. The maximum Gasteiger partial charge on any atom is 0.257 e. The Kier molecular flexibility index (Phi) is 1.42. The Balaban J connectivity index is 2.67. The number of aromatic nitrogens is 5. The average Bonchev–Trinajstić information content (AvgIpc) is 2.61. The molecule has 0 unspecified atom stereocenters. The van der Waals surface area contributed by atoms with Crippen molar-refractivity contribution >= 4 is 22.5 Å². The van der Waals surface area contributed by atoms with Crippen LogP contribution in [0, 0.1) is 6.92 Å². The summed E-state index contributed by atoms with van der Waals surface area (Å²) in [6, 6.07) is 1.83. The van der Waals surface area contributed by atoms with Crippen molar-refractivity contribution in [2.45, 2.75) is 6.92 Å². The Morgan fingerprint density at radius 1 is 1.33 bits per heavy atom. The minimum Gasteiger partial charge on any atom is -0.383 e. The van der Waals surface area contributed by atoms with Crippen LogP contribution < -0.4 is 5.73 Å². The maximum absolute atomic E-state index is 5.81. The van der Waals surface area contributed by atoms with E-state index in [0.29, 0.717) is 11.6 Å². The van der Waals surface area contributed by atoms with Crippen LogP contribution in [0.2, 0.25) is 0 Å². The number of rotatable bonds is 0. The van der Waals surface area contributed by atoms with Gasteiger partial charge in [-0.25, -0.2) is 0 Å². The van der Waals surface area contributed by atoms with Gasteiger partial charge in [-0.1, -0.05) is 0 Å². The van der Waals surface area contributed by atoms with Crippen molar-refractivity contribution < 1.29 is 0 Å². The van der Waals surface area contributed by atoms with E-state index in [9.17, 15) is 0 Å². The molecule has 6 nitrogen and oxygen atoms in total. The number of aryl methyl sites for hydroxylation is 1. The van der Waals surface area contributed by atoms with Gasteiger partial charge in [0.1, 0.15) is 11.6 Å². The van der Waals surface area contributed by atoms with Gasteiger partial charge in [0.2, 0.25) is 0 Å². The molecule has 0 saturated heterocycles. The Morgan fingerprint density at radius 2 is 2.20 bits per heavy atom. The number of hydrogen-bond acceptors (Lipinski definition) is 5.